The van der Waals surface area contributed by atoms with Gasteiger partial charge in [0.2, 0.25) is 5.82 Å². The van der Waals surface area contributed by atoms with Gasteiger partial charge in [-0.05, 0) is 47.2 Å². The largest absolute Gasteiger partial charge is 0.508 e. The molecule has 32 heavy (non-hydrogen) atoms. The monoisotopic (exact) mass is 442 g/mol. The van der Waals surface area contributed by atoms with Crippen LogP contribution in [0.2, 0.25) is 0 Å². The first-order valence-corrected chi connectivity index (χ1v) is 10.7. The molecule has 0 aliphatic rings. The molecule has 1 amide bonds. The average Bonchev–Trinajstić information content (AvgIpc) is 3.28. The molecular formula is C23H18N6O2S. The maximum Gasteiger partial charge on any atom is 0.294 e. The Hall–Kier alpha value is -4.24. The molecule has 0 unspecified atom stereocenters. The van der Waals surface area contributed by atoms with Gasteiger partial charge in [-0.25, -0.2) is 15.0 Å². The van der Waals surface area contributed by atoms with E-state index in [1.807, 2.05) is 35.7 Å². The van der Waals surface area contributed by atoms with Crippen LogP contribution in [0.5, 0.6) is 5.75 Å². The maximum atomic E-state index is 12.8. The maximum absolute atomic E-state index is 12.8. The van der Waals surface area contributed by atoms with E-state index in [2.05, 4.69) is 25.6 Å². The number of hydrogen-bond donors (Lipinski definition) is 4. The molecule has 0 saturated heterocycles. The van der Waals surface area contributed by atoms with Crippen molar-refractivity contribution in [2.75, 3.05) is 16.4 Å². The van der Waals surface area contributed by atoms with Crippen molar-refractivity contribution in [1.82, 2.24) is 15.0 Å². The van der Waals surface area contributed by atoms with Crippen molar-refractivity contribution in [2.24, 2.45) is 0 Å². The number of nitrogens with two attached hydrogens (primary N) is 1. The van der Waals surface area contributed by atoms with Crippen LogP contribution in [-0.4, -0.2) is 26.0 Å². The number of amides is 1. The van der Waals surface area contributed by atoms with Crippen molar-refractivity contribution in [3.63, 3.8) is 0 Å². The van der Waals surface area contributed by atoms with Crippen LogP contribution in [-0.2, 0) is 6.54 Å². The quantitative estimate of drug-likeness (QED) is 0.297. The number of nitrogens with one attached hydrogen (secondary N) is 2. The standard InChI is InChI=1S/C23H18N6O2S/c24-21-20-17(9-10-32-20)27-22(29-21)23(31)28-19-11-13-3-1-2-4-16(13)18(26-19)12-25-14-5-7-15(30)8-6-14/h1-11,25,30H,12H2,(H2,24,27,29)(H,26,28,31). The number of pyridine rings is 1. The normalized spacial score (nSPS) is 11.0. The molecule has 0 saturated carbocycles. The third-order valence-electron chi connectivity index (χ3n) is 4.92. The van der Waals surface area contributed by atoms with Crippen molar-refractivity contribution in [2.45, 2.75) is 6.54 Å². The highest BCUT2D eigenvalue weighted by Gasteiger charge is 2.15. The Balaban J connectivity index is 1.44. The molecule has 0 fully saturated rings. The van der Waals surface area contributed by atoms with Gasteiger partial charge in [-0.2, -0.15) is 0 Å². The Morgan fingerprint density at radius 2 is 1.84 bits per heavy atom. The first-order valence-electron chi connectivity index (χ1n) is 9.80. The van der Waals surface area contributed by atoms with E-state index in [-0.39, 0.29) is 17.4 Å². The lowest BCUT2D eigenvalue weighted by atomic mass is 10.1. The van der Waals surface area contributed by atoms with Gasteiger partial charge >= 0.3 is 0 Å². The molecule has 5 aromatic rings. The molecule has 5 N–H and O–H groups in total. The number of nitrogen functional groups attached to an aromatic ring is 1. The number of hydrogen-bond acceptors (Lipinski definition) is 8. The molecule has 3 aromatic heterocycles. The second kappa shape index (κ2) is 8.12. The van der Waals surface area contributed by atoms with Crippen LogP contribution in [0.3, 0.4) is 0 Å². The van der Waals surface area contributed by atoms with Gasteiger partial charge in [-0.15, -0.1) is 11.3 Å². The van der Waals surface area contributed by atoms with Gasteiger partial charge in [-0.1, -0.05) is 24.3 Å². The summed E-state index contributed by atoms with van der Waals surface area (Å²) in [6, 6.07) is 18.2. The predicted octanol–water partition coefficient (Wildman–Crippen LogP) is 4.39. The summed E-state index contributed by atoms with van der Waals surface area (Å²) in [6.45, 7) is 0.430. The summed E-state index contributed by atoms with van der Waals surface area (Å²) in [5.41, 5.74) is 8.22. The number of carbonyl (C=O) groups is 1. The molecule has 0 atom stereocenters. The topological polar surface area (TPSA) is 126 Å². The molecule has 0 radical (unpaired) electrons. The number of phenolic OH excluding ortho intramolecular Hbond substituents is 1. The molecule has 0 aliphatic heterocycles. The van der Waals surface area contributed by atoms with Gasteiger partial charge in [0, 0.05) is 11.1 Å². The number of aromatic hydroxyl groups is 1. The minimum absolute atomic E-state index is 0.00729. The molecule has 2 aromatic carbocycles. The van der Waals surface area contributed by atoms with E-state index in [4.69, 9.17) is 5.73 Å². The van der Waals surface area contributed by atoms with Crippen molar-refractivity contribution in [3.05, 3.63) is 77.6 Å². The van der Waals surface area contributed by atoms with Gasteiger partial charge in [0.25, 0.3) is 5.91 Å². The van der Waals surface area contributed by atoms with Gasteiger partial charge < -0.3 is 21.5 Å². The van der Waals surface area contributed by atoms with Gasteiger partial charge in [0.15, 0.2) is 0 Å². The first-order chi connectivity index (χ1) is 15.6. The Labute approximate surface area is 186 Å². The SMILES string of the molecule is Nc1nc(C(=O)Nc2cc3ccccc3c(CNc3ccc(O)cc3)n2)nc2ccsc12. The van der Waals surface area contributed by atoms with Crippen LogP contribution in [0, 0.1) is 0 Å². The third kappa shape index (κ3) is 3.88. The van der Waals surface area contributed by atoms with E-state index < -0.39 is 5.91 Å². The number of benzene rings is 2. The number of carbonyl (C=O) groups excluding carboxylic acids is 1. The summed E-state index contributed by atoms with van der Waals surface area (Å²) in [5, 5.41) is 19.3. The van der Waals surface area contributed by atoms with Gasteiger partial charge in [0.1, 0.15) is 17.4 Å². The summed E-state index contributed by atoms with van der Waals surface area (Å²) in [6.07, 6.45) is 0. The lowest BCUT2D eigenvalue weighted by molar-refractivity contribution is 0.101. The summed E-state index contributed by atoms with van der Waals surface area (Å²) >= 11 is 1.43. The lowest BCUT2D eigenvalue weighted by Crippen LogP contribution is -2.18. The second-order valence-corrected chi connectivity index (χ2v) is 8.01. The molecule has 0 bridgehead atoms. The number of thiophene rings is 1. The third-order valence-corrected chi connectivity index (χ3v) is 5.85. The van der Waals surface area contributed by atoms with E-state index >= 15 is 0 Å². The number of aromatic nitrogens is 3. The van der Waals surface area contributed by atoms with E-state index in [1.54, 1.807) is 30.3 Å². The molecule has 3 heterocycles. The molecular weight excluding hydrogens is 424 g/mol. The lowest BCUT2D eigenvalue weighted by Gasteiger charge is -2.12. The molecule has 158 valence electrons. The Kier molecular flexibility index (Phi) is 5.00. The predicted molar refractivity (Wildman–Crippen MR) is 127 cm³/mol. The molecule has 8 nitrogen and oxygen atoms in total. The summed E-state index contributed by atoms with van der Waals surface area (Å²) in [7, 11) is 0. The fourth-order valence-electron chi connectivity index (χ4n) is 3.39. The summed E-state index contributed by atoms with van der Waals surface area (Å²) in [5.74, 6) is 0.383. The van der Waals surface area contributed by atoms with E-state index in [0.717, 1.165) is 26.9 Å². The fourth-order valence-corrected chi connectivity index (χ4v) is 4.13. The number of rotatable bonds is 5. The minimum Gasteiger partial charge on any atom is -0.508 e. The van der Waals surface area contributed by atoms with Crippen molar-refractivity contribution >= 4 is 55.6 Å². The smallest absolute Gasteiger partial charge is 0.294 e. The summed E-state index contributed by atoms with van der Waals surface area (Å²) < 4.78 is 0.757. The molecule has 0 spiro atoms. The Morgan fingerprint density at radius 1 is 1.03 bits per heavy atom. The zero-order valence-electron chi connectivity index (χ0n) is 16.7. The highest BCUT2D eigenvalue weighted by atomic mass is 32.1. The van der Waals surface area contributed by atoms with Crippen LogP contribution in [0.1, 0.15) is 16.3 Å². The van der Waals surface area contributed by atoms with E-state index in [1.165, 1.54) is 11.3 Å². The molecule has 5 rings (SSSR count). The zero-order chi connectivity index (χ0) is 22.1. The average molecular weight is 443 g/mol. The van der Waals surface area contributed by atoms with E-state index in [9.17, 15) is 9.90 Å². The van der Waals surface area contributed by atoms with Crippen molar-refractivity contribution < 1.29 is 9.90 Å². The molecule has 9 heteroatoms. The highest BCUT2D eigenvalue weighted by molar-refractivity contribution is 7.17. The van der Waals surface area contributed by atoms with Gasteiger partial charge in [-0.3, -0.25) is 4.79 Å². The van der Waals surface area contributed by atoms with E-state index in [0.29, 0.717) is 17.9 Å². The van der Waals surface area contributed by atoms with Crippen LogP contribution in [0.4, 0.5) is 17.3 Å². The van der Waals surface area contributed by atoms with Crippen molar-refractivity contribution in [1.29, 1.82) is 0 Å². The van der Waals surface area contributed by atoms with Crippen LogP contribution < -0.4 is 16.4 Å². The Morgan fingerprint density at radius 3 is 2.69 bits per heavy atom. The number of anilines is 3. The van der Waals surface area contributed by atoms with Crippen LogP contribution >= 0.6 is 11.3 Å². The zero-order valence-corrected chi connectivity index (χ0v) is 17.6. The number of phenols is 1. The minimum atomic E-state index is -0.481. The highest BCUT2D eigenvalue weighted by Crippen LogP contribution is 2.25. The van der Waals surface area contributed by atoms with Crippen molar-refractivity contribution in [3.8, 4) is 5.75 Å². The number of fused-ring (bicyclic) bond motifs is 2. The number of nitrogens with zero attached hydrogens (tertiary/aromatic N) is 3. The first kappa shape index (κ1) is 19.7. The molecule has 0 aliphatic carbocycles. The van der Waals surface area contributed by atoms with Gasteiger partial charge in [0.05, 0.1) is 22.5 Å². The van der Waals surface area contributed by atoms with Crippen LogP contribution in [0.15, 0.2) is 66.0 Å². The summed E-state index contributed by atoms with van der Waals surface area (Å²) in [4.78, 5) is 25.9. The fraction of sp³-hybridized carbons (Fsp3) is 0.0435. The second-order valence-electron chi connectivity index (χ2n) is 7.10. The Bertz CT molecular complexity index is 1450. The van der Waals surface area contributed by atoms with Crippen LogP contribution in [0.25, 0.3) is 21.0 Å².